The molecule has 0 radical (unpaired) electrons. The molecular weight excluding hydrogens is 268 g/mol. The van der Waals surface area contributed by atoms with E-state index in [1.54, 1.807) is 11.3 Å². The molecule has 2 N–H and O–H groups in total. The fraction of sp³-hybridized carbons (Fsp3) is 0.688. The van der Waals surface area contributed by atoms with Gasteiger partial charge in [0.2, 0.25) is 5.91 Å². The standard InChI is InChI=1S/C16H28N2OS/c1-11-7-8-14(20-11)12(2)18(6)15(19)9-13(17)10-16(3,4)5/h7-8,12-13H,9-10,17H2,1-6H3. The summed E-state index contributed by atoms with van der Waals surface area (Å²) in [5, 5.41) is 0. The van der Waals surface area contributed by atoms with Crippen molar-refractivity contribution in [1.29, 1.82) is 0 Å². The van der Waals surface area contributed by atoms with E-state index in [1.807, 2.05) is 11.9 Å². The molecule has 0 saturated carbocycles. The molecule has 2 atom stereocenters. The highest BCUT2D eigenvalue weighted by atomic mass is 32.1. The number of nitrogens with two attached hydrogens (primary N) is 1. The van der Waals surface area contributed by atoms with Crippen LogP contribution in [-0.2, 0) is 4.79 Å². The first-order valence-corrected chi connectivity index (χ1v) is 7.99. The molecule has 0 aliphatic heterocycles. The van der Waals surface area contributed by atoms with Crippen molar-refractivity contribution in [3.05, 3.63) is 21.9 Å². The van der Waals surface area contributed by atoms with E-state index in [0.717, 1.165) is 6.42 Å². The average Bonchev–Trinajstić information content (AvgIpc) is 2.71. The van der Waals surface area contributed by atoms with Gasteiger partial charge in [-0.25, -0.2) is 0 Å². The lowest BCUT2D eigenvalue weighted by Crippen LogP contribution is -2.36. The Kier molecular flexibility index (Phi) is 5.78. The van der Waals surface area contributed by atoms with E-state index in [9.17, 15) is 4.79 Å². The van der Waals surface area contributed by atoms with Gasteiger partial charge in [-0.1, -0.05) is 20.8 Å². The molecule has 0 fully saturated rings. The molecule has 20 heavy (non-hydrogen) atoms. The van der Waals surface area contributed by atoms with Crippen LogP contribution in [0, 0.1) is 12.3 Å². The predicted molar refractivity (Wildman–Crippen MR) is 86.9 cm³/mol. The first kappa shape index (κ1) is 17.2. The van der Waals surface area contributed by atoms with Crippen molar-refractivity contribution < 1.29 is 4.79 Å². The number of thiophene rings is 1. The van der Waals surface area contributed by atoms with Gasteiger partial charge in [0.05, 0.1) is 6.04 Å². The van der Waals surface area contributed by atoms with Gasteiger partial charge in [-0.3, -0.25) is 4.79 Å². The molecule has 1 rings (SSSR count). The minimum Gasteiger partial charge on any atom is -0.338 e. The number of hydrogen-bond donors (Lipinski definition) is 1. The van der Waals surface area contributed by atoms with Crippen LogP contribution in [0.25, 0.3) is 0 Å². The summed E-state index contributed by atoms with van der Waals surface area (Å²) in [6.45, 7) is 10.6. The molecule has 0 saturated heterocycles. The molecule has 1 aromatic rings. The number of carbonyl (C=O) groups is 1. The predicted octanol–water partition coefficient (Wildman–Crippen LogP) is 3.73. The van der Waals surface area contributed by atoms with E-state index in [1.165, 1.54) is 9.75 Å². The van der Waals surface area contributed by atoms with Crippen molar-refractivity contribution in [2.75, 3.05) is 7.05 Å². The van der Waals surface area contributed by atoms with Crippen LogP contribution < -0.4 is 5.73 Å². The van der Waals surface area contributed by atoms with Gasteiger partial charge in [-0.05, 0) is 37.8 Å². The van der Waals surface area contributed by atoms with Crippen molar-refractivity contribution in [1.82, 2.24) is 4.90 Å². The molecule has 0 aromatic carbocycles. The minimum absolute atomic E-state index is 0.0674. The maximum atomic E-state index is 12.3. The Morgan fingerprint density at radius 1 is 1.40 bits per heavy atom. The van der Waals surface area contributed by atoms with E-state index in [0.29, 0.717) is 6.42 Å². The van der Waals surface area contributed by atoms with Gasteiger partial charge in [0, 0.05) is 29.3 Å². The third-order valence-electron chi connectivity index (χ3n) is 3.46. The van der Waals surface area contributed by atoms with Crippen LogP contribution in [0.4, 0.5) is 0 Å². The monoisotopic (exact) mass is 296 g/mol. The van der Waals surface area contributed by atoms with Crippen LogP contribution >= 0.6 is 11.3 Å². The summed E-state index contributed by atoms with van der Waals surface area (Å²) in [6.07, 6.45) is 1.28. The third kappa shape index (κ3) is 5.25. The minimum atomic E-state index is -0.0674. The van der Waals surface area contributed by atoms with Crippen LogP contribution in [0.3, 0.4) is 0 Å². The van der Waals surface area contributed by atoms with Crippen molar-refractivity contribution >= 4 is 17.2 Å². The van der Waals surface area contributed by atoms with Gasteiger partial charge in [0.15, 0.2) is 0 Å². The van der Waals surface area contributed by atoms with Gasteiger partial charge < -0.3 is 10.6 Å². The quantitative estimate of drug-likeness (QED) is 0.900. The van der Waals surface area contributed by atoms with Crippen molar-refractivity contribution in [3.63, 3.8) is 0 Å². The normalized spacial score (nSPS) is 14.9. The zero-order valence-electron chi connectivity index (χ0n) is 13.6. The molecule has 0 spiro atoms. The van der Waals surface area contributed by atoms with Gasteiger partial charge >= 0.3 is 0 Å². The molecule has 0 aliphatic carbocycles. The van der Waals surface area contributed by atoms with Gasteiger partial charge in [-0.15, -0.1) is 11.3 Å². The van der Waals surface area contributed by atoms with Crippen LogP contribution in [0.5, 0.6) is 0 Å². The Labute approximate surface area is 127 Å². The molecule has 114 valence electrons. The molecule has 2 unspecified atom stereocenters. The first-order chi connectivity index (χ1) is 9.10. The second-order valence-electron chi connectivity index (χ2n) is 6.86. The summed E-state index contributed by atoms with van der Waals surface area (Å²) in [6, 6.07) is 4.24. The Bertz CT molecular complexity index is 448. The lowest BCUT2D eigenvalue weighted by Gasteiger charge is -2.27. The Balaban J connectivity index is 2.58. The van der Waals surface area contributed by atoms with E-state index in [4.69, 9.17) is 5.73 Å². The van der Waals surface area contributed by atoms with Crippen LogP contribution in [-0.4, -0.2) is 23.9 Å². The molecule has 1 amide bonds. The topological polar surface area (TPSA) is 46.3 Å². The van der Waals surface area contributed by atoms with E-state index in [-0.39, 0.29) is 23.4 Å². The highest BCUT2D eigenvalue weighted by molar-refractivity contribution is 7.12. The Morgan fingerprint density at radius 2 is 2.00 bits per heavy atom. The number of amides is 1. The van der Waals surface area contributed by atoms with Crippen molar-refractivity contribution in [2.45, 2.75) is 59.5 Å². The lowest BCUT2D eigenvalue weighted by atomic mass is 9.87. The van der Waals surface area contributed by atoms with Crippen molar-refractivity contribution in [2.24, 2.45) is 11.1 Å². The van der Waals surface area contributed by atoms with Crippen LogP contribution in [0.2, 0.25) is 0 Å². The fourth-order valence-corrected chi connectivity index (χ4v) is 3.28. The largest absolute Gasteiger partial charge is 0.338 e. The van der Waals surface area contributed by atoms with Crippen molar-refractivity contribution in [3.8, 4) is 0 Å². The SMILES string of the molecule is Cc1ccc(C(C)N(C)C(=O)CC(N)CC(C)(C)C)s1. The fourth-order valence-electron chi connectivity index (χ4n) is 2.31. The summed E-state index contributed by atoms with van der Waals surface area (Å²) in [5.41, 5.74) is 6.26. The number of carbonyl (C=O) groups excluding carboxylic acids is 1. The highest BCUT2D eigenvalue weighted by Crippen LogP contribution is 2.27. The van der Waals surface area contributed by atoms with Crippen LogP contribution in [0.1, 0.15) is 56.3 Å². The summed E-state index contributed by atoms with van der Waals surface area (Å²) in [4.78, 5) is 16.6. The average molecular weight is 296 g/mol. The molecule has 1 aromatic heterocycles. The molecule has 1 heterocycles. The molecule has 0 bridgehead atoms. The lowest BCUT2D eigenvalue weighted by molar-refractivity contribution is -0.132. The molecule has 4 heteroatoms. The molecular formula is C16H28N2OS. The smallest absolute Gasteiger partial charge is 0.224 e. The summed E-state index contributed by atoms with van der Waals surface area (Å²) in [5.74, 6) is 0.125. The number of hydrogen-bond acceptors (Lipinski definition) is 3. The summed E-state index contributed by atoms with van der Waals surface area (Å²) in [7, 11) is 1.87. The summed E-state index contributed by atoms with van der Waals surface area (Å²) >= 11 is 1.75. The number of aryl methyl sites for hydroxylation is 1. The number of rotatable bonds is 5. The summed E-state index contributed by atoms with van der Waals surface area (Å²) < 4.78 is 0. The molecule has 3 nitrogen and oxygen atoms in total. The number of nitrogens with zero attached hydrogens (tertiary/aromatic N) is 1. The first-order valence-electron chi connectivity index (χ1n) is 7.18. The van der Waals surface area contributed by atoms with E-state index >= 15 is 0 Å². The van der Waals surface area contributed by atoms with Gasteiger partial charge in [-0.2, -0.15) is 0 Å². The van der Waals surface area contributed by atoms with Gasteiger partial charge in [0.25, 0.3) is 0 Å². The Morgan fingerprint density at radius 3 is 2.45 bits per heavy atom. The van der Waals surface area contributed by atoms with Crippen LogP contribution in [0.15, 0.2) is 12.1 Å². The van der Waals surface area contributed by atoms with Gasteiger partial charge in [0.1, 0.15) is 0 Å². The maximum Gasteiger partial charge on any atom is 0.224 e. The van der Waals surface area contributed by atoms with E-state index < -0.39 is 0 Å². The third-order valence-corrected chi connectivity index (χ3v) is 4.63. The zero-order chi connectivity index (χ0) is 15.5. The van der Waals surface area contributed by atoms with E-state index in [2.05, 4.69) is 46.8 Å². The Hall–Kier alpha value is -0.870. The zero-order valence-corrected chi connectivity index (χ0v) is 14.4. The maximum absolute atomic E-state index is 12.3. The second-order valence-corrected chi connectivity index (χ2v) is 8.18. The molecule has 0 aliphatic rings. The highest BCUT2D eigenvalue weighted by Gasteiger charge is 2.23. The second kappa shape index (κ2) is 6.72.